The van der Waals surface area contributed by atoms with Gasteiger partial charge >= 0.3 is 0 Å². The first-order chi connectivity index (χ1) is 10.7. The highest BCUT2D eigenvalue weighted by molar-refractivity contribution is 5.95. The summed E-state index contributed by atoms with van der Waals surface area (Å²) in [5.74, 6) is 0.619. The summed E-state index contributed by atoms with van der Waals surface area (Å²) in [5.41, 5.74) is 1.97. The van der Waals surface area contributed by atoms with Crippen LogP contribution in [0.4, 0.5) is 0 Å². The Morgan fingerprint density at radius 1 is 1.45 bits per heavy atom. The highest BCUT2D eigenvalue weighted by Gasteiger charge is 2.26. The highest BCUT2D eigenvalue weighted by atomic mass is 16.2. The predicted molar refractivity (Wildman–Crippen MR) is 83.4 cm³/mol. The molecule has 1 aliphatic heterocycles. The van der Waals surface area contributed by atoms with E-state index in [1.807, 2.05) is 33.5 Å². The van der Waals surface area contributed by atoms with Crippen LogP contribution in [0, 0.1) is 5.92 Å². The van der Waals surface area contributed by atoms with E-state index < -0.39 is 0 Å². The van der Waals surface area contributed by atoms with Crippen molar-refractivity contribution in [1.82, 2.24) is 24.2 Å². The van der Waals surface area contributed by atoms with Crippen LogP contribution in [0.2, 0.25) is 0 Å². The molecule has 1 fully saturated rings. The van der Waals surface area contributed by atoms with E-state index in [4.69, 9.17) is 0 Å². The summed E-state index contributed by atoms with van der Waals surface area (Å²) in [6.45, 7) is 4.58. The predicted octanol–water partition coefficient (Wildman–Crippen LogP) is 1.73. The van der Waals surface area contributed by atoms with E-state index in [9.17, 15) is 4.79 Å². The Morgan fingerprint density at radius 2 is 2.32 bits per heavy atom. The van der Waals surface area contributed by atoms with Crippen LogP contribution in [0.3, 0.4) is 0 Å². The van der Waals surface area contributed by atoms with Gasteiger partial charge in [-0.1, -0.05) is 6.92 Å². The number of piperidine rings is 1. The third-order valence-electron chi connectivity index (χ3n) is 4.48. The van der Waals surface area contributed by atoms with Gasteiger partial charge in [0.2, 0.25) is 0 Å². The van der Waals surface area contributed by atoms with E-state index in [1.165, 1.54) is 0 Å². The van der Waals surface area contributed by atoms with Crippen molar-refractivity contribution in [2.24, 2.45) is 13.0 Å². The molecule has 2 aromatic rings. The Kier molecular flexibility index (Phi) is 4.27. The van der Waals surface area contributed by atoms with Crippen molar-refractivity contribution in [2.45, 2.75) is 32.7 Å². The molecule has 0 saturated carbocycles. The zero-order valence-electron chi connectivity index (χ0n) is 13.3. The largest absolute Gasteiger partial charge is 0.354 e. The van der Waals surface area contributed by atoms with Crippen LogP contribution >= 0.6 is 0 Å². The fraction of sp³-hybridized carbons (Fsp3) is 0.562. The van der Waals surface area contributed by atoms with E-state index in [2.05, 4.69) is 17.0 Å². The standard InChI is InChI=1S/C16H23N5O/c1-3-15-14(6-8-19(15)2)16(22)20-7-4-5-13(9-20)10-21-12-17-11-18-21/h6,8,11-13H,3-5,7,9-10H2,1-2H3. The van der Waals surface area contributed by atoms with Gasteiger partial charge in [0, 0.05) is 38.6 Å². The minimum Gasteiger partial charge on any atom is -0.354 e. The molecule has 6 heteroatoms. The molecule has 118 valence electrons. The van der Waals surface area contributed by atoms with Crippen LogP contribution in [0.15, 0.2) is 24.9 Å². The molecule has 0 N–H and O–H groups in total. The molecule has 1 unspecified atom stereocenters. The first kappa shape index (κ1) is 14.8. The van der Waals surface area contributed by atoms with Crippen molar-refractivity contribution in [2.75, 3.05) is 13.1 Å². The van der Waals surface area contributed by atoms with E-state index in [-0.39, 0.29) is 5.91 Å². The molecule has 22 heavy (non-hydrogen) atoms. The summed E-state index contributed by atoms with van der Waals surface area (Å²) in [6.07, 6.45) is 8.35. The maximum atomic E-state index is 12.8. The topological polar surface area (TPSA) is 56.0 Å². The third-order valence-corrected chi connectivity index (χ3v) is 4.48. The second-order valence-corrected chi connectivity index (χ2v) is 6.02. The lowest BCUT2D eigenvalue weighted by Crippen LogP contribution is -2.41. The van der Waals surface area contributed by atoms with Gasteiger partial charge in [-0.25, -0.2) is 4.98 Å². The molecular formula is C16H23N5O. The molecule has 0 radical (unpaired) electrons. The van der Waals surface area contributed by atoms with Gasteiger partial charge < -0.3 is 9.47 Å². The first-order valence-electron chi connectivity index (χ1n) is 7.95. The molecule has 1 atom stereocenters. The number of hydrogen-bond donors (Lipinski definition) is 0. The molecule has 2 aromatic heterocycles. The Morgan fingerprint density at radius 3 is 3.05 bits per heavy atom. The minimum atomic E-state index is 0.167. The van der Waals surface area contributed by atoms with E-state index in [0.29, 0.717) is 5.92 Å². The first-order valence-corrected chi connectivity index (χ1v) is 7.95. The number of aryl methyl sites for hydroxylation is 1. The van der Waals surface area contributed by atoms with Crippen molar-refractivity contribution >= 4 is 5.91 Å². The smallest absolute Gasteiger partial charge is 0.255 e. The molecule has 1 amide bonds. The Labute approximate surface area is 130 Å². The third kappa shape index (κ3) is 2.91. The van der Waals surface area contributed by atoms with Crippen molar-refractivity contribution in [3.8, 4) is 0 Å². The summed E-state index contributed by atoms with van der Waals surface area (Å²) < 4.78 is 3.91. The zero-order valence-corrected chi connectivity index (χ0v) is 13.3. The SMILES string of the molecule is CCc1c(C(=O)N2CCCC(Cn3cncn3)C2)ccn1C. The van der Waals surface area contributed by atoms with Crippen molar-refractivity contribution in [1.29, 1.82) is 0 Å². The molecule has 0 aliphatic carbocycles. The lowest BCUT2D eigenvalue weighted by atomic mass is 9.97. The maximum Gasteiger partial charge on any atom is 0.255 e. The molecule has 0 aromatic carbocycles. The number of rotatable bonds is 4. The number of aromatic nitrogens is 4. The summed E-state index contributed by atoms with van der Waals surface area (Å²) in [7, 11) is 2.00. The van der Waals surface area contributed by atoms with Gasteiger partial charge in [-0.05, 0) is 31.2 Å². The Balaban J connectivity index is 1.69. The fourth-order valence-corrected chi connectivity index (χ4v) is 3.36. The van der Waals surface area contributed by atoms with Gasteiger partial charge in [0.15, 0.2) is 0 Å². The van der Waals surface area contributed by atoms with Gasteiger partial charge in [0.05, 0.1) is 5.56 Å². The zero-order chi connectivity index (χ0) is 15.5. The number of carbonyl (C=O) groups is 1. The quantitative estimate of drug-likeness (QED) is 0.864. The summed E-state index contributed by atoms with van der Waals surface area (Å²) in [5, 5.41) is 4.17. The Hall–Kier alpha value is -2.11. The number of hydrogen-bond acceptors (Lipinski definition) is 3. The van der Waals surface area contributed by atoms with Gasteiger partial charge in [-0.15, -0.1) is 0 Å². The molecule has 0 spiro atoms. The number of nitrogens with zero attached hydrogens (tertiary/aromatic N) is 5. The lowest BCUT2D eigenvalue weighted by molar-refractivity contribution is 0.0658. The molecular weight excluding hydrogens is 278 g/mol. The highest BCUT2D eigenvalue weighted by Crippen LogP contribution is 2.21. The Bertz CT molecular complexity index is 631. The fourth-order valence-electron chi connectivity index (χ4n) is 3.36. The molecule has 3 rings (SSSR count). The van der Waals surface area contributed by atoms with Crippen LogP contribution in [-0.2, 0) is 20.0 Å². The van der Waals surface area contributed by atoms with E-state index >= 15 is 0 Å². The molecule has 1 aliphatic rings. The number of carbonyl (C=O) groups excluding carboxylic acids is 1. The van der Waals surface area contributed by atoms with Gasteiger partial charge in [-0.2, -0.15) is 5.10 Å². The lowest BCUT2D eigenvalue weighted by Gasteiger charge is -2.32. The second kappa shape index (κ2) is 6.34. The maximum absolute atomic E-state index is 12.8. The van der Waals surface area contributed by atoms with Crippen molar-refractivity contribution < 1.29 is 4.79 Å². The van der Waals surface area contributed by atoms with E-state index in [1.54, 1.807) is 12.7 Å². The average Bonchev–Trinajstić information content (AvgIpc) is 3.16. The van der Waals surface area contributed by atoms with Crippen LogP contribution in [0.1, 0.15) is 35.8 Å². The van der Waals surface area contributed by atoms with Crippen molar-refractivity contribution in [3.05, 3.63) is 36.2 Å². The number of amides is 1. The van der Waals surface area contributed by atoms with Gasteiger partial charge in [-0.3, -0.25) is 9.48 Å². The summed E-state index contributed by atoms with van der Waals surface area (Å²) in [4.78, 5) is 18.8. The minimum absolute atomic E-state index is 0.167. The molecule has 3 heterocycles. The molecule has 1 saturated heterocycles. The average molecular weight is 301 g/mol. The number of likely N-dealkylation sites (tertiary alicyclic amines) is 1. The molecule has 0 bridgehead atoms. The van der Waals surface area contributed by atoms with Crippen LogP contribution < -0.4 is 0 Å². The monoisotopic (exact) mass is 301 g/mol. The second-order valence-electron chi connectivity index (χ2n) is 6.02. The van der Waals surface area contributed by atoms with Crippen LogP contribution in [-0.4, -0.2) is 43.2 Å². The summed E-state index contributed by atoms with van der Waals surface area (Å²) >= 11 is 0. The molecule has 6 nitrogen and oxygen atoms in total. The van der Waals surface area contributed by atoms with E-state index in [0.717, 1.165) is 50.2 Å². The van der Waals surface area contributed by atoms with Crippen LogP contribution in [0.5, 0.6) is 0 Å². The van der Waals surface area contributed by atoms with Gasteiger partial charge in [0.25, 0.3) is 5.91 Å². The van der Waals surface area contributed by atoms with Crippen LogP contribution in [0.25, 0.3) is 0 Å². The van der Waals surface area contributed by atoms with Gasteiger partial charge in [0.1, 0.15) is 12.7 Å². The van der Waals surface area contributed by atoms with Crippen molar-refractivity contribution in [3.63, 3.8) is 0 Å². The normalized spacial score (nSPS) is 18.6. The summed E-state index contributed by atoms with van der Waals surface area (Å²) in [6, 6.07) is 1.95.